The maximum Gasteiger partial charge on any atom is 0.251 e. The zero-order valence-electron chi connectivity index (χ0n) is 17.9. The average molecular weight is 439 g/mol. The van der Waals surface area contributed by atoms with Gasteiger partial charge >= 0.3 is 0 Å². The molecule has 4 rings (SSSR count). The fourth-order valence-electron chi connectivity index (χ4n) is 4.51. The molecule has 5 nitrogen and oxygen atoms in total. The van der Waals surface area contributed by atoms with Crippen LogP contribution < -0.4 is 0 Å². The van der Waals surface area contributed by atoms with Gasteiger partial charge in [-0.2, -0.15) is 0 Å². The first kappa shape index (κ1) is 21.8. The summed E-state index contributed by atoms with van der Waals surface area (Å²) in [5, 5.41) is 2.07. The van der Waals surface area contributed by atoms with Crippen LogP contribution in [0.1, 0.15) is 24.8 Å². The Morgan fingerprint density at radius 3 is 2.81 bits per heavy atom. The van der Waals surface area contributed by atoms with Crippen LogP contribution in [0.4, 0.5) is 0 Å². The highest BCUT2D eigenvalue weighted by molar-refractivity contribution is 7.13. The van der Waals surface area contributed by atoms with E-state index in [4.69, 9.17) is 4.74 Å². The van der Waals surface area contributed by atoms with E-state index in [9.17, 15) is 9.59 Å². The van der Waals surface area contributed by atoms with E-state index in [1.807, 2.05) is 28.0 Å². The van der Waals surface area contributed by atoms with Crippen molar-refractivity contribution in [3.63, 3.8) is 0 Å². The molecule has 164 valence electrons. The van der Waals surface area contributed by atoms with E-state index in [0.29, 0.717) is 39.2 Å². The SMILES string of the molecule is C=CCN1CCN(C(=O)C2CCCCO2)CC(Cc2ccccc2-c2cccs2)C1=O. The smallest absolute Gasteiger partial charge is 0.251 e. The van der Waals surface area contributed by atoms with E-state index in [1.54, 1.807) is 17.4 Å². The lowest BCUT2D eigenvalue weighted by Crippen LogP contribution is -2.44. The average Bonchev–Trinajstić information content (AvgIpc) is 3.30. The molecule has 1 aromatic heterocycles. The molecule has 2 saturated heterocycles. The Morgan fingerprint density at radius 1 is 1.19 bits per heavy atom. The predicted molar refractivity (Wildman–Crippen MR) is 124 cm³/mol. The Kier molecular flexibility index (Phi) is 7.20. The standard InChI is InChI=1S/C25H30N2O3S/c1-2-12-26-13-14-27(25(29)22-10-5-6-15-30-22)18-20(24(26)28)17-19-8-3-4-9-21(19)23-11-7-16-31-23/h2-4,7-9,11,16,20,22H,1,5-6,10,12-15,17-18H2. The third kappa shape index (κ3) is 5.08. The highest BCUT2D eigenvalue weighted by Crippen LogP contribution is 2.30. The highest BCUT2D eigenvalue weighted by atomic mass is 32.1. The largest absolute Gasteiger partial charge is 0.368 e. The molecule has 2 amide bonds. The zero-order chi connectivity index (χ0) is 21.6. The number of ether oxygens (including phenoxy) is 1. The molecule has 0 N–H and O–H groups in total. The lowest BCUT2D eigenvalue weighted by Gasteiger charge is -2.29. The summed E-state index contributed by atoms with van der Waals surface area (Å²) in [6, 6.07) is 12.4. The van der Waals surface area contributed by atoms with Crippen LogP contribution in [0.25, 0.3) is 10.4 Å². The molecule has 2 aromatic rings. The van der Waals surface area contributed by atoms with Crippen LogP contribution in [0.15, 0.2) is 54.4 Å². The third-order valence-corrected chi connectivity index (χ3v) is 7.03. The molecular formula is C25H30N2O3S. The molecule has 2 fully saturated rings. The van der Waals surface area contributed by atoms with Crippen LogP contribution in [0.3, 0.4) is 0 Å². The van der Waals surface area contributed by atoms with Gasteiger partial charge in [-0.1, -0.05) is 36.4 Å². The topological polar surface area (TPSA) is 49.9 Å². The highest BCUT2D eigenvalue weighted by Gasteiger charge is 2.35. The number of carbonyl (C=O) groups is 2. The summed E-state index contributed by atoms with van der Waals surface area (Å²) in [5.74, 6) is -0.152. The normalized spacial score (nSPS) is 22.3. The predicted octanol–water partition coefficient (Wildman–Crippen LogP) is 4.00. The van der Waals surface area contributed by atoms with Crippen LogP contribution in [-0.4, -0.2) is 60.5 Å². The summed E-state index contributed by atoms with van der Waals surface area (Å²) in [6.45, 7) is 6.47. The van der Waals surface area contributed by atoms with Crippen LogP contribution in [0.2, 0.25) is 0 Å². The number of nitrogens with zero attached hydrogens (tertiary/aromatic N) is 2. The maximum atomic E-state index is 13.4. The van der Waals surface area contributed by atoms with Crippen molar-refractivity contribution in [2.75, 3.05) is 32.8 Å². The van der Waals surface area contributed by atoms with Crippen molar-refractivity contribution < 1.29 is 14.3 Å². The second-order valence-corrected chi connectivity index (χ2v) is 9.20. The molecule has 0 aliphatic carbocycles. The number of hydrogen-bond acceptors (Lipinski definition) is 4. The van der Waals surface area contributed by atoms with Gasteiger partial charge in [0, 0.05) is 37.7 Å². The Balaban J connectivity index is 1.58. The number of thiophene rings is 1. The van der Waals surface area contributed by atoms with Gasteiger partial charge in [-0.3, -0.25) is 9.59 Å². The second-order valence-electron chi connectivity index (χ2n) is 8.25. The van der Waals surface area contributed by atoms with Crippen molar-refractivity contribution in [1.29, 1.82) is 0 Å². The molecular weight excluding hydrogens is 408 g/mol. The number of carbonyl (C=O) groups excluding carboxylic acids is 2. The zero-order valence-corrected chi connectivity index (χ0v) is 18.7. The van der Waals surface area contributed by atoms with E-state index >= 15 is 0 Å². The summed E-state index contributed by atoms with van der Waals surface area (Å²) in [7, 11) is 0. The van der Waals surface area contributed by atoms with Crippen LogP contribution in [-0.2, 0) is 20.7 Å². The van der Waals surface area contributed by atoms with Crippen molar-refractivity contribution in [2.45, 2.75) is 31.8 Å². The van der Waals surface area contributed by atoms with Crippen molar-refractivity contribution in [3.05, 3.63) is 60.0 Å². The van der Waals surface area contributed by atoms with E-state index < -0.39 is 0 Å². The van der Waals surface area contributed by atoms with Crippen LogP contribution in [0, 0.1) is 5.92 Å². The van der Waals surface area contributed by atoms with Crippen molar-refractivity contribution >= 4 is 23.2 Å². The summed E-state index contributed by atoms with van der Waals surface area (Å²) in [5.41, 5.74) is 2.31. The second kappa shape index (κ2) is 10.2. The van der Waals surface area contributed by atoms with Crippen LogP contribution >= 0.6 is 11.3 Å². The molecule has 2 aliphatic heterocycles. The lowest BCUT2D eigenvalue weighted by atomic mass is 9.93. The fourth-order valence-corrected chi connectivity index (χ4v) is 5.30. The van der Waals surface area contributed by atoms with Gasteiger partial charge in [-0.05, 0) is 48.3 Å². The minimum atomic E-state index is -0.367. The van der Waals surface area contributed by atoms with E-state index in [2.05, 4.69) is 30.2 Å². The monoisotopic (exact) mass is 438 g/mol. The van der Waals surface area contributed by atoms with Crippen LogP contribution in [0.5, 0.6) is 0 Å². The van der Waals surface area contributed by atoms with E-state index in [0.717, 1.165) is 24.8 Å². The third-order valence-electron chi connectivity index (χ3n) is 6.13. The summed E-state index contributed by atoms with van der Waals surface area (Å²) >= 11 is 1.70. The molecule has 31 heavy (non-hydrogen) atoms. The minimum Gasteiger partial charge on any atom is -0.368 e. The van der Waals surface area contributed by atoms with Gasteiger partial charge in [0.15, 0.2) is 0 Å². The summed E-state index contributed by atoms with van der Waals surface area (Å²) < 4.78 is 5.75. The molecule has 3 heterocycles. The molecule has 0 saturated carbocycles. The fraction of sp³-hybridized carbons (Fsp3) is 0.440. The first-order valence-electron chi connectivity index (χ1n) is 11.1. The van der Waals surface area contributed by atoms with Crippen molar-refractivity contribution in [1.82, 2.24) is 9.80 Å². The van der Waals surface area contributed by atoms with Gasteiger partial charge in [0.2, 0.25) is 5.91 Å². The number of rotatable bonds is 6. The maximum absolute atomic E-state index is 13.4. The van der Waals surface area contributed by atoms with Crippen molar-refractivity contribution in [2.24, 2.45) is 5.92 Å². The Hall–Kier alpha value is -2.44. The minimum absolute atomic E-state index is 0.0319. The first-order valence-corrected chi connectivity index (χ1v) is 12.0. The van der Waals surface area contributed by atoms with Gasteiger partial charge < -0.3 is 14.5 Å². The number of amides is 2. The van der Waals surface area contributed by atoms with Gasteiger partial charge in [-0.15, -0.1) is 17.9 Å². The summed E-state index contributed by atoms with van der Waals surface area (Å²) in [6.07, 6.45) is 4.80. The van der Waals surface area contributed by atoms with Gasteiger partial charge in [-0.25, -0.2) is 0 Å². The Labute approximate surface area is 188 Å². The quantitative estimate of drug-likeness (QED) is 0.641. The lowest BCUT2D eigenvalue weighted by molar-refractivity contribution is -0.146. The summed E-state index contributed by atoms with van der Waals surface area (Å²) in [4.78, 5) is 31.5. The first-order chi connectivity index (χ1) is 15.2. The number of benzene rings is 1. The molecule has 0 bridgehead atoms. The van der Waals surface area contributed by atoms with Crippen molar-refractivity contribution in [3.8, 4) is 10.4 Å². The molecule has 6 heteroatoms. The molecule has 2 atom stereocenters. The molecule has 1 aromatic carbocycles. The molecule has 2 aliphatic rings. The van der Waals surface area contributed by atoms with Gasteiger partial charge in [0.1, 0.15) is 6.10 Å². The Morgan fingerprint density at radius 2 is 2.06 bits per heavy atom. The Bertz CT molecular complexity index is 905. The molecule has 0 radical (unpaired) electrons. The molecule has 0 spiro atoms. The number of hydrogen-bond donors (Lipinski definition) is 0. The van der Waals surface area contributed by atoms with E-state index in [1.165, 1.54) is 10.4 Å². The molecule has 2 unspecified atom stereocenters. The van der Waals surface area contributed by atoms with Gasteiger partial charge in [0.05, 0.1) is 5.92 Å². The van der Waals surface area contributed by atoms with E-state index in [-0.39, 0.29) is 23.8 Å². The van der Waals surface area contributed by atoms with Gasteiger partial charge in [0.25, 0.3) is 5.91 Å².